The zero-order valence-electron chi connectivity index (χ0n) is 17.0. The van der Waals surface area contributed by atoms with E-state index in [1.165, 1.54) is 6.26 Å². The van der Waals surface area contributed by atoms with Gasteiger partial charge in [-0.2, -0.15) is 4.98 Å². The van der Waals surface area contributed by atoms with E-state index in [1.54, 1.807) is 23.5 Å². The van der Waals surface area contributed by atoms with Gasteiger partial charge in [-0.05, 0) is 24.5 Å². The van der Waals surface area contributed by atoms with Crippen LogP contribution in [0.3, 0.4) is 0 Å². The highest BCUT2D eigenvalue weighted by Gasteiger charge is 2.26. The van der Waals surface area contributed by atoms with Crippen LogP contribution in [0.5, 0.6) is 0 Å². The monoisotopic (exact) mass is 422 g/mol. The summed E-state index contributed by atoms with van der Waals surface area (Å²) in [7, 11) is 0. The summed E-state index contributed by atoms with van der Waals surface area (Å²) < 4.78 is 10.6. The Hall–Kier alpha value is -3.26. The lowest BCUT2D eigenvalue weighted by molar-refractivity contribution is 0.0885. The molecular weight excluding hydrogens is 400 g/mol. The molecule has 154 valence electrons. The topological polar surface area (TPSA) is 94.1 Å². The van der Waals surface area contributed by atoms with Crippen molar-refractivity contribution in [3.63, 3.8) is 0 Å². The zero-order valence-corrected chi connectivity index (χ0v) is 17.8. The second kappa shape index (κ2) is 8.62. The van der Waals surface area contributed by atoms with E-state index >= 15 is 0 Å². The summed E-state index contributed by atoms with van der Waals surface area (Å²) in [5.41, 5.74) is 2.85. The maximum atomic E-state index is 12.4. The average Bonchev–Trinajstić information content (AvgIpc) is 3.53. The fraction of sp³-hybridized carbons (Fsp3) is 0.273. The third kappa shape index (κ3) is 4.18. The number of nitrogens with zero attached hydrogens (tertiary/aromatic N) is 3. The van der Waals surface area contributed by atoms with Crippen LogP contribution in [0.25, 0.3) is 22.6 Å². The molecule has 1 N–H and O–H groups in total. The summed E-state index contributed by atoms with van der Waals surface area (Å²) in [5.74, 6) is 0.803. The van der Waals surface area contributed by atoms with Crippen molar-refractivity contribution in [1.29, 1.82) is 0 Å². The van der Waals surface area contributed by atoms with Crippen molar-refractivity contribution in [2.45, 2.75) is 33.2 Å². The number of thiazole rings is 1. The fourth-order valence-electron chi connectivity index (χ4n) is 3.01. The molecular formula is C22H22N4O3S. The van der Waals surface area contributed by atoms with Gasteiger partial charge in [0.2, 0.25) is 11.7 Å². The van der Waals surface area contributed by atoms with Gasteiger partial charge in [0.15, 0.2) is 5.76 Å². The first-order valence-electron chi connectivity index (χ1n) is 9.78. The van der Waals surface area contributed by atoms with Gasteiger partial charge in [0.25, 0.3) is 5.91 Å². The number of rotatable bonds is 7. The Morgan fingerprint density at radius 1 is 1.13 bits per heavy atom. The number of aryl methyl sites for hydroxylation is 1. The number of benzene rings is 1. The van der Waals surface area contributed by atoms with Crippen molar-refractivity contribution in [2.24, 2.45) is 5.92 Å². The Labute approximate surface area is 178 Å². The van der Waals surface area contributed by atoms with Crippen molar-refractivity contribution in [3.8, 4) is 22.6 Å². The van der Waals surface area contributed by atoms with E-state index in [9.17, 15) is 4.79 Å². The molecule has 0 saturated heterocycles. The Bertz CT molecular complexity index is 1110. The second-order valence-electron chi connectivity index (χ2n) is 7.19. The van der Waals surface area contributed by atoms with E-state index in [2.05, 4.69) is 32.7 Å². The first-order valence-corrected chi connectivity index (χ1v) is 10.7. The Morgan fingerprint density at radius 2 is 1.90 bits per heavy atom. The van der Waals surface area contributed by atoms with Crippen molar-refractivity contribution >= 4 is 17.2 Å². The van der Waals surface area contributed by atoms with Crippen LogP contribution in [0, 0.1) is 5.92 Å². The van der Waals surface area contributed by atoms with Gasteiger partial charge in [0.1, 0.15) is 6.04 Å². The number of nitrogens with one attached hydrogen (secondary N) is 1. The highest BCUT2D eigenvalue weighted by atomic mass is 32.1. The highest BCUT2D eigenvalue weighted by Crippen LogP contribution is 2.27. The quantitative estimate of drug-likeness (QED) is 0.443. The van der Waals surface area contributed by atoms with Crippen molar-refractivity contribution in [3.05, 3.63) is 64.7 Å². The number of hydrogen-bond donors (Lipinski definition) is 1. The summed E-state index contributed by atoms with van der Waals surface area (Å²) in [6, 6.07) is 10.7. The molecule has 8 heteroatoms. The standard InChI is InChI=1S/C22H22N4O3S/c1-4-18-23-16(12-30-18)14-7-9-15(10-8-14)20-25-22(29-26-20)19(13(2)3)24-21(27)17-6-5-11-28-17/h5-13,19H,4H2,1-3H3,(H,24,27)/t19-/m0/s1. The van der Waals surface area contributed by atoms with Gasteiger partial charge in [-0.15, -0.1) is 11.3 Å². The third-order valence-electron chi connectivity index (χ3n) is 4.70. The highest BCUT2D eigenvalue weighted by molar-refractivity contribution is 7.09. The normalized spacial score (nSPS) is 12.3. The Balaban J connectivity index is 1.52. The average molecular weight is 423 g/mol. The molecule has 1 atom stereocenters. The molecule has 1 aromatic carbocycles. The van der Waals surface area contributed by atoms with Crippen LogP contribution in [-0.4, -0.2) is 21.0 Å². The molecule has 0 bridgehead atoms. The van der Waals surface area contributed by atoms with Gasteiger partial charge in [-0.3, -0.25) is 4.79 Å². The van der Waals surface area contributed by atoms with Crippen molar-refractivity contribution in [1.82, 2.24) is 20.4 Å². The SMILES string of the molecule is CCc1nc(-c2ccc(-c3noc([C@@H](NC(=O)c4ccco4)C(C)C)n3)cc2)cs1. The molecule has 0 spiro atoms. The van der Waals surface area contributed by atoms with Gasteiger partial charge in [0, 0.05) is 16.5 Å². The molecule has 0 fully saturated rings. The van der Waals surface area contributed by atoms with Crippen LogP contribution in [0.15, 0.2) is 57.0 Å². The summed E-state index contributed by atoms with van der Waals surface area (Å²) in [6.07, 6.45) is 2.39. The maximum Gasteiger partial charge on any atom is 0.287 e. The Kier molecular flexibility index (Phi) is 5.76. The number of hydrogen-bond acceptors (Lipinski definition) is 7. The number of amides is 1. The van der Waals surface area contributed by atoms with E-state index in [4.69, 9.17) is 8.94 Å². The molecule has 0 aliphatic heterocycles. The van der Waals surface area contributed by atoms with Gasteiger partial charge in [0.05, 0.1) is 17.0 Å². The predicted molar refractivity (Wildman–Crippen MR) is 114 cm³/mol. The fourth-order valence-corrected chi connectivity index (χ4v) is 3.76. The van der Waals surface area contributed by atoms with Gasteiger partial charge in [-0.25, -0.2) is 4.98 Å². The largest absolute Gasteiger partial charge is 0.459 e. The molecule has 0 saturated carbocycles. The minimum absolute atomic E-state index is 0.0528. The maximum absolute atomic E-state index is 12.4. The van der Waals surface area contributed by atoms with E-state index in [0.29, 0.717) is 11.7 Å². The summed E-state index contributed by atoms with van der Waals surface area (Å²) in [4.78, 5) is 21.5. The molecule has 7 nitrogen and oxygen atoms in total. The lowest BCUT2D eigenvalue weighted by Gasteiger charge is -2.17. The first-order chi connectivity index (χ1) is 14.5. The first kappa shape index (κ1) is 20.0. The van der Waals surface area contributed by atoms with Crippen LogP contribution >= 0.6 is 11.3 Å². The molecule has 0 unspecified atom stereocenters. The number of carbonyl (C=O) groups is 1. The zero-order chi connectivity index (χ0) is 21.1. The van der Waals surface area contributed by atoms with E-state index in [1.807, 2.05) is 38.1 Å². The summed E-state index contributed by atoms with van der Waals surface area (Å²) in [5, 5.41) is 10.2. The minimum Gasteiger partial charge on any atom is -0.459 e. The minimum atomic E-state index is -0.425. The third-order valence-corrected chi connectivity index (χ3v) is 5.69. The van der Waals surface area contributed by atoms with Gasteiger partial charge < -0.3 is 14.3 Å². The number of aromatic nitrogens is 3. The molecule has 0 aliphatic rings. The summed E-state index contributed by atoms with van der Waals surface area (Å²) in [6.45, 7) is 6.05. The van der Waals surface area contributed by atoms with Crippen LogP contribution < -0.4 is 5.32 Å². The molecule has 30 heavy (non-hydrogen) atoms. The molecule has 4 rings (SSSR count). The molecule has 0 radical (unpaired) electrons. The molecule has 3 aromatic heterocycles. The lowest BCUT2D eigenvalue weighted by atomic mass is 10.0. The Morgan fingerprint density at radius 3 is 2.53 bits per heavy atom. The molecule has 1 amide bonds. The van der Waals surface area contributed by atoms with E-state index in [0.717, 1.165) is 28.2 Å². The smallest absolute Gasteiger partial charge is 0.287 e. The van der Waals surface area contributed by atoms with Crippen LogP contribution in [0.4, 0.5) is 0 Å². The van der Waals surface area contributed by atoms with Crippen molar-refractivity contribution in [2.75, 3.05) is 0 Å². The van der Waals surface area contributed by atoms with Crippen LogP contribution in [0.2, 0.25) is 0 Å². The van der Waals surface area contributed by atoms with Crippen molar-refractivity contribution < 1.29 is 13.7 Å². The van der Waals surface area contributed by atoms with Crippen LogP contribution in [-0.2, 0) is 6.42 Å². The predicted octanol–water partition coefficient (Wildman–Crippen LogP) is 5.14. The van der Waals surface area contributed by atoms with Gasteiger partial charge in [-0.1, -0.05) is 50.2 Å². The summed E-state index contributed by atoms with van der Waals surface area (Å²) >= 11 is 1.67. The second-order valence-corrected chi connectivity index (χ2v) is 8.13. The number of furan rings is 1. The lowest BCUT2D eigenvalue weighted by Crippen LogP contribution is -2.31. The van der Waals surface area contributed by atoms with E-state index < -0.39 is 6.04 Å². The molecule has 3 heterocycles. The van der Waals surface area contributed by atoms with Gasteiger partial charge >= 0.3 is 0 Å². The number of carbonyl (C=O) groups excluding carboxylic acids is 1. The van der Waals surface area contributed by atoms with Crippen LogP contribution in [0.1, 0.15) is 48.3 Å². The van der Waals surface area contributed by atoms with E-state index in [-0.39, 0.29) is 17.6 Å². The molecule has 4 aromatic rings. The molecule has 0 aliphatic carbocycles.